The molecular formula is C10H19NO3. The van der Waals surface area contributed by atoms with Gasteiger partial charge in [-0.3, -0.25) is 9.69 Å². The minimum Gasteiger partial charge on any atom is -0.469 e. The molecule has 1 rings (SSSR count). The highest BCUT2D eigenvalue weighted by Crippen LogP contribution is 2.18. The van der Waals surface area contributed by atoms with Gasteiger partial charge >= 0.3 is 5.97 Å². The summed E-state index contributed by atoms with van der Waals surface area (Å²) in [5.74, 6) is -0.277. The molecule has 0 aliphatic carbocycles. The van der Waals surface area contributed by atoms with E-state index in [4.69, 9.17) is 5.11 Å². The van der Waals surface area contributed by atoms with Gasteiger partial charge in [-0.2, -0.15) is 0 Å². The number of nitrogens with zero attached hydrogens (tertiary/aromatic N) is 1. The van der Waals surface area contributed by atoms with Crippen molar-refractivity contribution in [3.63, 3.8) is 0 Å². The average Bonchev–Trinajstić information content (AvgIpc) is 2.63. The molecule has 4 heteroatoms. The summed E-state index contributed by atoms with van der Waals surface area (Å²) in [4.78, 5) is 13.4. The van der Waals surface area contributed by atoms with E-state index < -0.39 is 0 Å². The van der Waals surface area contributed by atoms with Crippen LogP contribution in [0.2, 0.25) is 0 Å². The van der Waals surface area contributed by atoms with Crippen LogP contribution in [0.4, 0.5) is 0 Å². The van der Waals surface area contributed by atoms with E-state index in [1.54, 1.807) is 0 Å². The standard InChI is InChI=1S/C10H19NO3/c1-8(10(13)14-2)6-11-5-3-4-9(11)7-12/h8-9,12H,3-7H2,1-2H3/t8?,9-/m0/s1. The topological polar surface area (TPSA) is 49.8 Å². The maximum atomic E-state index is 11.2. The number of esters is 1. The highest BCUT2D eigenvalue weighted by atomic mass is 16.5. The highest BCUT2D eigenvalue weighted by Gasteiger charge is 2.27. The lowest BCUT2D eigenvalue weighted by molar-refractivity contribution is -0.145. The van der Waals surface area contributed by atoms with E-state index in [-0.39, 0.29) is 24.5 Å². The first-order chi connectivity index (χ1) is 6.69. The number of hydrogen-bond acceptors (Lipinski definition) is 4. The Balaban J connectivity index is 2.39. The zero-order valence-corrected chi connectivity index (χ0v) is 8.90. The maximum Gasteiger partial charge on any atom is 0.309 e. The molecule has 0 aromatic carbocycles. The second-order valence-corrected chi connectivity index (χ2v) is 3.90. The van der Waals surface area contributed by atoms with Crippen molar-refractivity contribution < 1.29 is 14.6 Å². The quantitative estimate of drug-likeness (QED) is 0.662. The molecular weight excluding hydrogens is 182 g/mol. The number of ether oxygens (including phenoxy) is 1. The molecule has 0 amide bonds. The van der Waals surface area contributed by atoms with Gasteiger partial charge in [0, 0.05) is 12.6 Å². The minimum absolute atomic E-state index is 0.104. The van der Waals surface area contributed by atoms with E-state index >= 15 is 0 Å². The van der Waals surface area contributed by atoms with Crippen molar-refractivity contribution in [2.45, 2.75) is 25.8 Å². The fourth-order valence-electron chi connectivity index (χ4n) is 1.97. The van der Waals surface area contributed by atoms with Gasteiger partial charge in [0.1, 0.15) is 0 Å². The van der Waals surface area contributed by atoms with E-state index in [2.05, 4.69) is 9.64 Å². The van der Waals surface area contributed by atoms with Crippen LogP contribution < -0.4 is 0 Å². The summed E-state index contributed by atoms with van der Waals surface area (Å²) in [6.45, 7) is 3.72. The van der Waals surface area contributed by atoms with Crippen LogP contribution in [0.3, 0.4) is 0 Å². The van der Waals surface area contributed by atoms with Crippen molar-refractivity contribution >= 4 is 5.97 Å². The predicted molar refractivity (Wildman–Crippen MR) is 52.9 cm³/mol. The van der Waals surface area contributed by atoms with Crippen molar-refractivity contribution in [1.29, 1.82) is 0 Å². The molecule has 0 aromatic heterocycles. The molecule has 0 radical (unpaired) electrons. The second-order valence-electron chi connectivity index (χ2n) is 3.90. The van der Waals surface area contributed by atoms with Crippen molar-refractivity contribution in [1.82, 2.24) is 4.90 Å². The molecule has 82 valence electrons. The summed E-state index contributed by atoms with van der Waals surface area (Å²) in [5, 5.41) is 9.09. The Bertz CT molecular complexity index is 196. The average molecular weight is 201 g/mol. The van der Waals surface area contributed by atoms with E-state index in [9.17, 15) is 4.79 Å². The van der Waals surface area contributed by atoms with Gasteiger partial charge in [0.25, 0.3) is 0 Å². The van der Waals surface area contributed by atoms with Crippen LogP contribution in [0.25, 0.3) is 0 Å². The number of likely N-dealkylation sites (tertiary alicyclic amines) is 1. The molecule has 4 nitrogen and oxygen atoms in total. The predicted octanol–water partition coefficient (Wildman–Crippen LogP) is 0.252. The molecule has 1 unspecified atom stereocenters. The molecule has 1 aliphatic rings. The fourth-order valence-corrected chi connectivity index (χ4v) is 1.97. The van der Waals surface area contributed by atoms with Crippen LogP contribution in [0.15, 0.2) is 0 Å². The molecule has 1 heterocycles. The fraction of sp³-hybridized carbons (Fsp3) is 0.900. The number of rotatable bonds is 4. The number of carbonyl (C=O) groups is 1. The Labute approximate surface area is 84.8 Å². The molecule has 1 fully saturated rings. The zero-order chi connectivity index (χ0) is 10.6. The van der Waals surface area contributed by atoms with Gasteiger partial charge in [0.15, 0.2) is 0 Å². The largest absolute Gasteiger partial charge is 0.469 e. The zero-order valence-electron chi connectivity index (χ0n) is 8.90. The lowest BCUT2D eigenvalue weighted by Gasteiger charge is -2.24. The lowest BCUT2D eigenvalue weighted by atomic mass is 10.1. The molecule has 1 saturated heterocycles. The van der Waals surface area contributed by atoms with Crippen LogP contribution in [0.1, 0.15) is 19.8 Å². The summed E-state index contributed by atoms with van der Waals surface area (Å²) in [5.41, 5.74) is 0. The first kappa shape index (κ1) is 11.5. The molecule has 0 saturated carbocycles. The van der Waals surface area contributed by atoms with Crippen LogP contribution >= 0.6 is 0 Å². The summed E-state index contributed by atoms with van der Waals surface area (Å²) < 4.78 is 4.66. The summed E-state index contributed by atoms with van der Waals surface area (Å²) in [6.07, 6.45) is 2.14. The van der Waals surface area contributed by atoms with E-state index in [0.717, 1.165) is 19.4 Å². The third-order valence-electron chi connectivity index (χ3n) is 2.82. The summed E-state index contributed by atoms with van der Waals surface area (Å²) in [7, 11) is 1.41. The number of carbonyl (C=O) groups excluding carboxylic acids is 1. The number of aliphatic hydroxyl groups excluding tert-OH is 1. The summed E-state index contributed by atoms with van der Waals surface area (Å²) >= 11 is 0. The first-order valence-corrected chi connectivity index (χ1v) is 5.11. The minimum atomic E-state index is -0.173. The van der Waals surface area contributed by atoms with Crippen LogP contribution in [0.5, 0.6) is 0 Å². The van der Waals surface area contributed by atoms with Gasteiger partial charge in [-0.05, 0) is 19.4 Å². The van der Waals surface area contributed by atoms with Crippen molar-refractivity contribution in [3.05, 3.63) is 0 Å². The van der Waals surface area contributed by atoms with Crippen molar-refractivity contribution in [2.75, 3.05) is 26.8 Å². The molecule has 1 aliphatic heterocycles. The first-order valence-electron chi connectivity index (χ1n) is 5.11. The Kier molecular flexibility index (Phi) is 4.35. The van der Waals surface area contributed by atoms with Gasteiger partial charge in [0.2, 0.25) is 0 Å². The third-order valence-corrected chi connectivity index (χ3v) is 2.82. The van der Waals surface area contributed by atoms with Gasteiger partial charge in [-0.15, -0.1) is 0 Å². The molecule has 2 atom stereocenters. The highest BCUT2D eigenvalue weighted by molar-refractivity contribution is 5.72. The van der Waals surface area contributed by atoms with Gasteiger partial charge in [0.05, 0.1) is 19.6 Å². The molecule has 0 aromatic rings. The van der Waals surface area contributed by atoms with Crippen molar-refractivity contribution in [2.24, 2.45) is 5.92 Å². The summed E-state index contributed by atoms with van der Waals surface area (Å²) in [6, 6.07) is 0.238. The third kappa shape index (κ3) is 2.69. The molecule has 0 spiro atoms. The smallest absolute Gasteiger partial charge is 0.309 e. The van der Waals surface area contributed by atoms with Gasteiger partial charge in [-0.25, -0.2) is 0 Å². The van der Waals surface area contributed by atoms with E-state index in [1.807, 2.05) is 6.92 Å². The van der Waals surface area contributed by atoms with Crippen LogP contribution in [-0.4, -0.2) is 48.8 Å². The van der Waals surface area contributed by atoms with Gasteiger partial charge < -0.3 is 9.84 Å². The SMILES string of the molecule is COC(=O)C(C)CN1CCC[C@H]1CO. The maximum absolute atomic E-state index is 11.2. The Morgan fingerprint density at radius 3 is 3.00 bits per heavy atom. The number of aliphatic hydroxyl groups is 1. The number of methoxy groups -OCH3 is 1. The van der Waals surface area contributed by atoms with Crippen LogP contribution in [-0.2, 0) is 9.53 Å². The Morgan fingerprint density at radius 2 is 2.43 bits per heavy atom. The second kappa shape index (κ2) is 5.32. The van der Waals surface area contributed by atoms with Gasteiger partial charge in [-0.1, -0.05) is 6.92 Å². The normalized spacial score (nSPS) is 24.9. The van der Waals surface area contributed by atoms with E-state index in [1.165, 1.54) is 7.11 Å². The lowest BCUT2D eigenvalue weighted by Crippen LogP contribution is -2.37. The Morgan fingerprint density at radius 1 is 1.71 bits per heavy atom. The van der Waals surface area contributed by atoms with Crippen LogP contribution in [0, 0.1) is 5.92 Å². The van der Waals surface area contributed by atoms with Crippen molar-refractivity contribution in [3.8, 4) is 0 Å². The molecule has 1 N–H and O–H groups in total. The monoisotopic (exact) mass is 201 g/mol. The Hall–Kier alpha value is -0.610. The molecule has 0 bridgehead atoms. The number of hydrogen-bond donors (Lipinski definition) is 1. The van der Waals surface area contributed by atoms with E-state index in [0.29, 0.717) is 6.54 Å². The molecule has 14 heavy (non-hydrogen) atoms.